The zero-order valence-corrected chi connectivity index (χ0v) is 20.4. The number of hydrogen-bond acceptors (Lipinski definition) is 3. The van der Waals surface area contributed by atoms with E-state index in [0.717, 1.165) is 79.2 Å². The SMILES string of the molecule is CC(C)CC(=O)N1CCC(N2CCN(C(=O)c3c4ccccc4cc4ccccc34)CC2)CC1. The highest BCUT2D eigenvalue weighted by atomic mass is 16.2. The predicted octanol–water partition coefficient (Wildman–Crippen LogP) is 4.79. The lowest BCUT2D eigenvalue weighted by atomic mass is 9.95. The molecule has 0 bridgehead atoms. The van der Waals surface area contributed by atoms with Crippen LogP contribution in [-0.4, -0.2) is 71.8 Å². The molecule has 178 valence electrons. The molecule has 0 aromatic heterocycles. The molecular weight excluding hydrogens is 422 g/mol. The van der Waals surface area contributed by atoms with Crippen molar-refractivity contribution in [2.75, 3.05) is 39.3 Å². The molecular formula is C29H35N3O2. The summed E-state index contributed by atoms with van der Waals surface area (Å²) in [5.41, 5.74) is 0.833. The third kappa shape index (κ3) is 4.54. The minimum atomic E-state index is 0.141. The van der Waals surface area contributed by atoms with Gasteiger partial charge in [0.25, 0.3) is 5.91 Å². The van der Waals surface area contributed by atoms with Gasteiger partial charge in [-0.15, -0.1) is 0 Å². The molecule has 5 nitrogen and oxygen atoms in total. The molecule has 3 aromatic rings. The number of nitrogens with zero attached hydrogens (tertiary/aromatic N) is 3. The minimum absolute atomic E-state index is 0.141. The van der Waals surface area contributed by atoms with E-state index >= 15 is 0 Å². The zero-order valence-electron chi connectivity index (χ0n) is 20.4. The summed E-state index contributed by atoms with van der Waals surface area (Å²) < 4.78 is 0. The van der Waals surface area contributed by atoms with Gasteiger partial charge >= 0.3 is 0 Å². The Hall–Kier alpha value is -2.92. The van der Waals surface area contributed by atoms with E-state index in [1.54, 1.807) is 0 Å². The number of likely N-dealkylation sites (tertiary alicyclic amines) is 1. The van der Waals surface area contributed by atoms with Gasteiger partial charge < -0.3 is 9.80 Å². The van der Waals surface area contributed by atoms with Gasteiger partial charge in [0.15, 0.2) is 0 Å². The summed E-state index contributed by atoms with van der Waals surface area (Å²) >= 11 is 0. The van der Waals surface area contributed by atoms with Gasteiger partial charge in [-0.3, -0.25) is 14.5 Å². The van der Waals surface area contributed by atoms with Crippen LogP contribution in [-0.2, 0) is 4.79 Å². The van der Waals surface area contributed by atoms with E-state index in [0.29, 0.717) is 24.3 Å². The highest BCUT2D eigenvalue weighted by molar-refractivity contribution is 6.18. The van der Waals surface area contributed by atoms with Crippen molar-refractivity contribution in [2.45, 2.75) is 39.2 Å². The van der Waals surface area contributed by atoms with Gasteiger partial charge in [0.2, 0.25) is 5.91 Å². The fraction of sp³-hybridized carbons (Fsp3) is 0.448. The van der Waals surface area contributed by atoms with E-state index in [-0.39, 0.29) is 5.91 Å². The van der Waals surface area contributed by atoms with Crippen LogP contribution in [0.5, 0.6) is 0 Å². The van der Waals surface area contributed by atoms with Crippen molar-refractivity contribution in [1.82, 2.24) is 14.7 Å². The number of piperazine rings is 1. The van der Waals surface area contributed by atoms with Gasteiger partial charge in [0.1, 0.15) is 0 Å². The average Bonchev–Trinajstić information content (AvgIpc) is 2.86. The fourth-order valence-corrected chi connectivity index (χ4v) is 5.65. The lowest BCUT2D eigenvalue weighted by molar-refractivity contribution is -0.133. The Balaban J connectivity index is 1.26. The van der Waals surface area contributed by atoms with Crippen LogP contribution in [0, 0.1) is 5.92 Å². The molecule has 2 heterocycles. The molecule has 2 fully saturated rings. The standard InChI is InChI=1S/C29H35N3O2/c1-21(2)19-27(33)31-13-11-24(12-14-31)30-15-17-32(18-16-30)29(34)28-25-9-5-3-7-22(25)20-23-8-4-6-10-26(23)28/h3-10,20-21,24H,11-19H2,1-2H3. The quantitative estimate of drug-likeness (QED) is 0.529. The van der Waals surface area contributed by atoms with Gasteiger partial charge in [-0.2, -0.15) is 0 Å². The maximum atomic E-state index is 13.8. The number of carbonyl (C=O) groups excluding carboxylic acids is 2. The van der Waals surface area contributed by atoms with Crippen LogP contribution in [0.25, 0.3) is 21.5 Å². The molecule has 2 aliphatic rings. The molecule has 0 saturated carbocycles. The summed E-state index contributed by atoms with van der Waals surface area (Å²) in [6.07, 6.45) is 2.71. The smallest absolute Gasteiger partial charge is 0.255 e. The first-order chi connectivity index (χ1) is 16.5. The first kappa shape index (κ1) is 22.9. The van der Waals surface area contributed by atoms with Gasteiger partial charge in [-0.05, 0) is 46.4 Å². The largest absolute Gasteiger partial charge is 0.343 e. The van der Waals surface area contributed by atoms with Crippen molar-refractivity contribution in [1.29, 1.82) is 0 Å². The summed E-state index contributed by atoms with van der Waals surface area (Å²) in [7, 11) is 0. The Morgan fingerprint density at radius 1 is 0.794 bits per heavy atom. The summed E-state index contributed by atoms with van der Waals surface area (Å²) in [5, 5.41) is 4.29. The molecule has 5 heteroatoms. The van der Waals surface area contributed by atoms with E-state index in [1.807, 2.05) is 34.1 Å². The maximum absolute atomic E-state index is 13.8. The second-order valence-electron chi connectivity index (χ2n) is 10.2. The highest BCUT2D eigenvalue weighted by Gasteiger charge is 2.31. The molecule has 34 heavy (non-hydrogen) atoms. The van der Waals surface area contributed by atoms with E-state index < -0.39 is 0 Å². The fourth-order valence-electron chi connectivity index (χ4n) is 5.65. The highest BCUT2D eigenvalue weighted by Crippen LogP contribution is 2.30. The molecule has 0 N–H and O–H groups in total. The molecule has 3 aromatic carbocycles. The van der Waals surface area contributed by atoms with Gasteiger partial charge in [0.05, 0.1) is 5.56 Å². The number of hydrogen-bond donors (Lipinski definition) is 0. The average molecular weight is 458 g/mol. The Bertz CT molecular complexity index is 1130. The van der Waals surface area contributed by atoms with Crippen LogP contribution in [0.2, 0.25) is 0 Å². The molecule has 2 aliphatic heterocycles. The van der Waals surface area contributed by atoms with Crippen LogP contribution >= 0.6 is 0 Å². The van der Waals surface area contributed by atoms with Crippen molar-refractivity contribution < 1.29 is 9.59 Å². The number of piperidine rings is 1. The number of benzene rings is 3. The monoisotopic (exact) mass is 457 g/mol. The van der Waals surface area contributed by atoms with Crippen LogP contribution in [0.15, 0.2) is 54.6 Å². The molecule has 0 aliphatic carbocycles. The minimum Gasteiger partial charge on any atom is -0.343 e. The Morgan fingerprint density at radius 3 is 1.91 bits per heavy atom. The summed E-state index contributed by atoms with van der Waals surface area (Å²) in [4.78, 5) is 32.8. The summed E-state index contributed by atoms with van der Waals surface area (Å²) in [6, 6.07) is 19.1. The summed E-state index contributed by atoms with van der Waals surface area (Å²) in [5.74, 6) is 0.850. The van der Waals surface area contributed by atoms with Crippen molar-refractivity contribution in [3.63, 3.8) is 0 Å². The third-order valence-electron chi connectivity index (χ3n) is 7.50. The first-order valence-corrected chi connectivity index (χ1v) is 12.7. The van der Waals surface area contributed by atoms with Crippen LogP contribution in [0.3, 0.4) is 0 Å². The first-order valence-electron chi connectivity index (χ1n) is 12.7. The molecule has 0 spiro atoms. The normalized spacial score (nSPS) is 18.2. The van der Waals surface area contributed by atoms with E-state index in [1.165, 1.54) is 0 Å². The third-order valence-corrected chi connectivity index (χ3v) is 7.50. The number of fused-ring (bicyclic) bond motifs is 2. The van der Waals surface area contributed by atoms with E-state index in [9.17, 15) is 9.59 Å². The molecule has 2 saturated heterocycles. The number of rotatable bonds is 4. The summed E-state index contributed by atoms with van der Waals surface area (Å²) in [6.45, 7) is 9.23. The molecule has 0 radical (unpaired) electrons. The lowest BCUT2D eigenvalue weighted by Crippen LogP contribution is -2.54. The molecule has 5 rings (SSSR count). The predicted molar refractivity (Wildman–Crippen MR) is 138 cm³/mol. The van der Waals surface area contributed by atoms with Crippen LogP contribution in [0.4, 0.5) is 0 Å². The number of carbonyl (C=O) groups is 2. The lowest BCUT2D eigenvalue weighted by Gasteiger charge is -2.43. The van der Waals surface area contributed by atoms with Crippen LogP contribution < -0.4 is 0 Å². The van der Waals surface area contributed by atoms with Gasteiger partial charge in [-0.1, -0.05) is 62.4 Å². The second kappa shape index (κ2) is 9.75. The van der Waals surface area contributed by atoms with Crippen molar-refractivity contribution in [2.24, 2.45) is 5.92 Å². The van der Waals surface area contributed by atoms with Gasteiger partial charge in [0, 0.05) is 51.7 Å². The van der Waals surface area contributed by atoms with Crippen molar-refractivity contribution >= 4 is 33.4 Å². The maximum Gasteiger partial charge on any atom is 0.255 e. The topological polar surface area (TPSA) is 43.9 Å². The van der Waals surface area contributed by atoms with Gasteiger partial charge in [-0.25, -0.2) is 0 Å². The van der Waals surface area contributed by atoms with Crippen molar-refractivity contribution in [3.05, 3.63) is 60.2 Å². The zero-order chi connectivity index (χ0) is 23.7. The molecule has 0 unspecified atom stereocenters. The van der Waals surface area contributed by atoms with Crippen molar-refractivity contribution in [3.8, 4) is 0 Å². The molecule has 2 amide bonds. The van der Waals surface area contributed by atoms with E-state index in [2.05, 4.69) is 49.1 Å². The Kier molecular flexibility index (Phi) is 6.55. The second-order valence-corrected chi connectivity index (χ2v) is 10.2. The van der Waals surface area contributed by atoms with E-state index in [4.69, 9.17) is 0 Å². The van der Waals surface area contributed by atoms with Crippen LogP contribution in [0.1, 0.15) is 43.5 Å². The molecule has 0 atom stereocenters. The Labute approximate surface area is 202 Å². The number of amides is 2. The Morgan fingerprint density at radius 2 is 1.35 bits per heavy atom.